The summed E-state index contributed by atoms with van der Waals surface area (Å²) in [5, 5.41) is 1.08. The number of halogens is 1. The molecule has 3 nitrogen and oxygen atoms in total. The molecule has 0 bridgehead atoms. The Kier molecular flexibility index (Phi) is 3.67. The van der Waals surface area contributed by atoms with E-state index in [1.165, 1.54) is 0 Å². The van der Waals surface area contributed by atoms with Crippen LogP contribution in [-0.2, 0) is 0 Å². The zero-order valence-corrected chi connectivity index (χ0v) is 11.2. The molecule has 96 valence electrons. The minimum absolute atomic E-state index is 0. The second kappa shape index (κ2) is 5.24. The number of hydrogen-bond acceptors (Lipinski definition) is 2. The number of nitrogens with zero attached hydrogens (tertiary/aromatic N) is 2. The second-order valence-electron chi connectivity index (χ2n) is 4.18. The van der Waals surface area contributed by atoms with E-state index in [1.807, 2.05) is 42.6 Å². The molecule has 0 radical (unpaired) electrons. The van der Waals surface area contributed by atoms with Gasteiger partial charge in [-0.2, -0.15) is 0 Å². The number of para-hydroxylation sites is 1. The Balaban J connectivity index is 0.00000133. The van der Waals surface area contributed by atoms with Gasteiger partial charge < -0.3 is 0 Å². The standard InChI is InChI=1S/C15H12N2O.ClH/c1-11(18)17-10-14(12-6-8-16-9-7-12)13-4-2-3-5-15(13)17;/h2-10H,1H3;1H. The van der Waals surface area contributed by atoms with E-state index in [0.29, 0.717) is 0 Å². The molecule has 0 aliphatic carbocycles. The van der Waals surface area contributed by atoms with Gasteiger partial charge >= 0.3 is 0 Å². The Labute approximate surface area is 117 Å². The molecular weight excluding hydrogens is 260 g/mol. The first kappa shape index (κ1) is 13.3. The third-order valence-corrected chi connectivity index (χ3v) is 3.04. The maximum Gasteiger partial charge on any atom is 0.227 e. The summed E-state index contributed by atoms with van der Waals surface area (Å²) in [6, 6.07) is 11.8. The van der Waals surface area contributed by atoms with Gasteiger partial charge in [-0.25, -0.2) is 0 Å². The first-order chi connectivity index (χ1) is 8.77. The number of carbonyl (C=O) groups is 1. The lowest BCUT2D eigenvalue weighted by atomic mass is 10.1. The molecule has 1 aromatic carbocycles. The van der Waals surface area contributed by atoms with Crippen LogP contribution in [0.4, 0.5) is 0 Å². The number of rotatable bonds is 1. The summed E-state index contributed by atoms with van der Waals surface area (Å²) in [6.45, 7) is 1.57. The zero-order valence-electron chi connectivity index (χ0n) is 10.4. The maximum atomic E-state index is 11.7. The molecular formula is C15H13ClN2O. The highest BCUT2D eigenvalue weighted by Crippen LogP contribution is 2.29. The van der Waals surface area contributed by atoms with Crippen LogP contribution in [0, 0.1) is 0 Å². The predicted octanol–water partition coefficient (Wildman–Crippen LogP) is 3.79. The van der Waals surface area contributed by atoms with Crippen LogP contribution in [0.3, 0.4) is 0 Å². The third-order valence-electron chi connectivity index (χ3n) is 3.04. The van der Waals surface area contributed by atoms with Gasteiger partial charge in [-0.05, 0) is 23.8 Å². The Morgan fingerprint density at radius 3 is 2.47 bits per heavy atom. The molecule has 19 heavy (non-hydrogen) atoms. The van der Waals surface area contributed by atoms with Gasteiger partial charge in [-0.1, -0.05) is 18.2 Å². The van der Waals surface area contributed by atoms with E-state index in [9.17, 15) is 4.79 Å². The van der Waals surface area contributed by atoms with Crippen molar-refractivity contribution >= 4 is 29.2 Å². The summed E-state index contributed by atoms with van der Waals surface area (Å²) in [5.41, 5.74) is 3.07. The molecule has 0 aliphatic rings. The fourth-order valence-electron chi connectivity index (χ4n) is 2.20. The van der Waals surface area contributed by atoms with E-state index >= 15 is 0 Å². The molecule has 0 aliphatic heterocycles. The van der Waals surface area contributed by atoms with Crippen molar-refractivity contribution in [1.29, 1.82) is 0 Å². The maximum absolute atomic E-state index is 11.7. The lowest BCUT2D eigenvalue weighted by molar-refractivity contribution is 0.0942. The van der Waals surface area contributed by atoms with Gasteiger partial charge in [-0.15, -0.1) is 12.4 Å². The molecule has 0 amide bonds. The molecule has 0 saturated carbocycles. The molecule has 0 atom stereocenters. The molecule has 0 spiro atoms. The summed E-state index contributed by atoms with van der Waals surface area (Å²) in [4.78, 5) is 15.7. The lowest BCUT2D eigenvalue weighted by Crippen LogP contribution is -2.02. The zero-order chi connectivity index (χ0) is 12.5. The normalized spacial score (nSPS) is 10.2. The summed E-state index contributed by atoms with van der Waals surface area (Å²) >= 11 is 0. The average Bonchev–Trinajstić information content (AvgIpc) is 2.79. The highest BCUT2D eigenvalue weighted by atomic mass is 35.5. The average molecular weight is 273 g/mol. The monoisotopic (exact) mass is 272 g/mol. The van der Waals surface area contributed by atoms with Gasteiger partial charge in [0.2, 0.25) is 5.91 Å². The molecule has 4 heteroatoms. The molecule has 3 aromatic rings. The van der Waals surface area contributed by atoms with Gasteiger partial charge in [0.1, 0.15) is 0 Å². The predicted molar refractivity (Wildman–Crippen MR) is 78.7 cm³/mol. The molecule has 2 aromatic heterocycles. The van der Waals surface area contributed by atoms with Crippen molar-refractivity contribution in [3.8, 4) is 11.1 Å². The minimum atomic E-state index is 0. The van der Waals surface area contributed by atoms with Crippen molar-refractivity contribution in [3.63, 3.8) is 0 Å². The number of hydrogen-bond donors (Lipinski definition) is 0. The fourth-order valence-corrected chi connectivity index (χ4v) is 2.20. The molecule has 0 unspecified atom stereocenters. The minimum Gasteiger partial charge on any atom is -0.287 e. The van der Waals surface area contributed by atoms with Crippen LogP contribution >= 0.6 is 12.4 Å². The van der Waals surface area contributed by atoms with Crippen molar-refractivity contribution in [2.45, 2.75) is 6.92 Å². The van der Waals surface area contributed by atoms with Gasteiger partial charge in [0, 0.05) is 36.5 Å². The van der Waals surface area contributed by atoms with E-state index < -0.39 is 0 Å². The lowest BCUT2D eigenvalue weighted by Gasteiger charge is -1.97. The first-order valence-electron chi connectivity index (χ1n) is 5.79. The third kappa shape index (κ3) is 2.25. The number of fused-ring (bicyclic) bond motifs is 1. The van der Waals surface area contributed by atoms with Crippen molar-refractivity contribution in [3.05, 3.63) is 55.0 Å². The van der Waals surface area contributed by atoms with E-state index in [2.05, 4.69) is 4.98 Å². The summed E-state index contributed by atoms with van der Waals surface area (Å²) in [7, 11) is 0. The summed E-state index contributed by atoms with van der Waals surface area (Å²) < 4.78 is 1.69. The summed E-state index contributed by atoms with van der Waals surface area (Å²) in [5.74, 6) is 0.0199. The summed E-state index contributed by atoms with van der Waals surface area (Å²) in [6.07, 6.45) is 5.41. The highest BCUT2D eigenvalue weighted by molar-refractivity contribution is 6.01. The van der Waals surface area contributed by atoms with E-state index in [0.717, 1.165) is 22.0 Å². The van der Waals surface area contributed by atoms with E-state index in [4.69, 9.17) is 0 Å². The van der Waals surface area contributed by atoms with Crippen LogP contribution in [-0.4, -0.2) is 15.5 Å². The molecule has 3 rings (SSSR count). The van der Waals surface area contributed by atoms with Crippen LogP contribution in [0.2, 0.25) is 0 Å². The Bertz CT molecular complexity index is 719. The Morgan fingerprint density at radius 2 is 1.79 bits per heavy atom. The van der Waals surface area contributed by atoms with Crippen molar-refractivity contribution in [1.82, 2.24) is 9.55 Å². The first-order valence-corrected chi connectivity index (χ1v) is 5.79. The number of pyridine rings is 1. The van der Waals surface area contributed by atoms with Crippen molar-refractivity contribution < 1.29 is 4.79 Å². The Morgan fingerprint density at radius 1 is 1.11 bits per heavy atom. The topological polar surface area (TPSA) is 34.9 Å². The highest BCUT2D eigenvalue weighted by Gasteiger charge is 2.11. The molecule has 0 saturated heterocycles. The van der Waals surface area contributed by atoms with Gasteiger partial charge in [0.05, 0.1) is 5.52 Å². The number of carbonyl (C=O) groups excluding carboxylic acids is 1. The molecule has 0 fully saturated rings. The van der Waals surface area contributed by atoms with Crippen LogP contribution in [0.1, 0.15) is 11.7 Å². The fraction of sp³-hybridized carbons (Fsp3) is 0.0667. The van der Waals surface area contributed by atoms with Gasteiger partial charge in [-0.3, -0.25) is 14.3 Å². The van der Waals surface area contributed by atoms with E-state index in [-0.39, 0.29) is 18.3 Å². The van der Waals surface area contributed by atoms with Crippen LogP contribution in [0.25, 0.3) is 22.0 Å². The van der Waals surface area contributed by atoms with Crippen LogP contribution in [0.5, 0.6) is 0 Å². The van der Waals surface area contributed by atoms with Crippen LogP contribution < -0.4 is 0 Å². The SMILES string of the molecule is CC(=O)n1cc(-c2ccncc2)c2ccccc21.Cl. The van der Waals surface area contributed by atoms with Gasteiger partial charge in [0.25, 0.3) is 0 Å². The molecule has 2 heterocycles. The number of benzene rings is 1. The Hall–Kier alpha value is -2.13. The van der Waals surface area contributed by atoms with Crippen LogP contribution in [0.15, 0.2) is 55.0 Å². The second-order valence-corrected chi connectivity index (χ2v) is 4.18. The smallest absolute Gasteiger partial charge is 0.227 e. The van der Waals surface area contributed by atoms with Crippen molar-refractivity contribution in [2.24, 2.45) is 0 Å². The van der Waals surface area contributed by atoms with Gasteiger partial charge in [0.15, 0.2) is 0 Å². The largest absolute Gasteiger partial charge is 0.287 e. The van der Waals surface area contributed by atoms with Crippen molar-refractivity contribution in [2.75, 3.05) is 0 Å². The molecule has 0 N–H and O–H groups in total. The number of aromatic nitrogens is 2. The van der Waals surface area contributed by atoms with E-state index in [1.54, 1.807) is 23.9 Å². The quantitative estimate of drug-likeness (QED) is 0.676.